The minimum atomic E-state index is -1.61. The molecule has 0 bridgehead atoms. The lowest BCUT2D eigenvalue weighted by Gasteiger charge is -2.11. The van der Waals surface area contributed by atoms with E-state index in [4.69, 9.17) is 5.73 Å². The second-order valence-corrected chi connectivity index (χ2v) is 3.67. The highest BCUT2D eigenvalue weighted by Gasteiger charge is 2.13. The predicted molar refractivity (Wildman–Crippen MR) is 60.4 cm³/mol. The number of aromatic nitrogens is 2. The van der Waals surface area contributed by atoms with Crippen molar-refractivity contribution in [2.75, 3.05) is 5.73 Å². The molecule has 0 aromatic carbocycles. The summed E-state index contributed by atoms with van der Waals surface area (Å²) < 4.78 is 14.7. The maximum atomic E-state index is 13.3. The van der Waals surface area contributed by atoms with Crippen LogP contribution in [0, 0.1) is 5.82 Å². The Morgan fingerprint density at radius 2 is 2.28 bits per heavy atom. The van der Waals surface area contributed by atoms with Crippen molar-refractivity contribution >= 4 is 22.8 Å². The van der Waals surface area contributed by atoms with Crippen molar-refractivity contribution in [3.05, 3.63) is 33.9 Å². The van der Waals surface area contributed by atoms with Crippen molar-refractivity contribution in [1.29, 1.82) is 0 Å². The molecule has 0 atom stereocenters. The topological polar surface area (TPSA) is 101 Å². The van der Waals surface area contributed by atoms with Crippen molar-refractivity contribution in [3.63, 3.8) is 0 Å². The summed E-state index contributed by atoms with van der Waals surface area (Å²) in [5.41, 5.74) is 4.11. The number of halogens is 1. The first kappa shape index (κ1) is 12.0. The maximum Gasteiger partial charge on any atom is 0.200 e. The Morgan fingerprint density at radius 3 is 2.83 bits per heavy atom. The van der Waals surface area contributed by atoms with Crippen LogP contribution in [0.15, 0.2) is 17.1 Å². The number of carbonyl (C=O) groups excluding carboxylic acids is 1. The number of carbonyl (C=O) groups is 1. The molecule has 0 aliphatic rings. The van der Waals surface area contributed by atoms with Crippen LogP contribution in [0.3, 0.4) is 0 Å². The molecule has 0 saturated carbocycles. The van der Waals surface area contributed by atoms with Gasteiger partial charge >= 0.3 is 0 Å². The van der Waals surface area contributed by atoms with E-state index in [1.807, 2.05) is 0 Å². The Balaban J connectivity index is 2.99. The van der Waals surface area contributed by atoms with Gasteiger partial charge in [-0.05, 0) is 13.0 Å². The van der Waals surface area contributed by atoms with Crippen LogP contribution in [0.5, 0.6) is 0 Å². The molecule has 2 N–H and O–H groups in total. The van der Waals surface area contributed by atoms with Gasteiger partial charge in [-0.3, -0.25) is 4.79 Å². The van der Waals surface area contributed by atoms with E-state index in [0.29, 0.717) is 6.54 Å². The number of anilines is 1. The standard InChI is InChI=1S/C11H10FN3O3/c1-2-15-4-6(11(17)18)8(16)5-3-7(12)9(13)14-10(5)15/h3-4H,2H2,1H3,(H2,13,14)(H,17,18)/p-1. The lowest BCUT2D eigenvalue weighted by molar-refractivity contribution is -0.255. The van der Waals surface area contributed by atoms with Crippen molar-refractivity contribution in [2.24, 2.45) is 0 Å². The molecule has 0 radical (unpaired) electrons. The van der Waals surface area contributed by atoms with Gasteiger partial charge in [0.05, 0.1) is 16.9 Å². The molecule has 2 heterocycles. The highest BCUT2D eigenvalue weighted by Crippen LogP contribution is 2.15. The van der Waals surface area contributed by atoms with E-state index in [1.54, 1.807) is 6.92 Å². The molecule has 2 aromatic heterocycles. The summed E-state index contributed by atoms with van der Waals surface area (Å²) in [6, 6.07) is 0.888. The van der Waals surface area contributed by atoms with E-state index in [0.717, 1.165) is 12.3 Å². The molecule has 0 aliphatic heterocycles. The summed E-state index contributed by atoms with van der Waals surface area (Å²) in [7, 11) is 0. The first-order valence-electron chi connectivity index (χ1n) is 5.16. The first-order chi connectivity index (χ1) is 8.45. The average molecular weight is 250 g/mol. The fourth-order valence-corrected chi connectivity index (χ4v) is 1.69. The third kappa shape index (κ3) is 1.69. The summed E-state index contributed by atoms with van der Waals surface area (Å²) in [6.45, 7) is 2.08. The Labute approximate surface area is 100 Å². The summed E-state index contributed by atoms with van der Waals surface area (Å²) >= 11 is 0. The van der Waals surface area contributed by atoms with Crippen LogP contribution in [0.25, 0.3) is 11.0 Å². The van der Waals surface area contributed by atoms with Gasteiger partial charge < -0.3 is 20.2 Å². The van der Waals surface area contributed by atoms with Gasteiger partial charge in [0.15, 0.2) is 17.1 Å². The van der Waals surface area contributed by atoms with Gasteiger partial charge in [0.2, 0.25) is 0 Å². The second kappa shape index (κ2) is 4.10. The number of aryl methyl sites for hydroxylation is 1. The van der Waals surface area contributed by atoms with Gasteiger partial charge in [-0.2, -0.15) is 0 Å². The van der Waals surface area contributed by atoms with Crippen molar-refractivity contribution in [3.8, 4) is 0 Å². The molecule has 0 unspecified atom stereocenters. The number of nitrogen functional groups attached to an aromatic ring is 1. The van der Waals surface area contributed by atoms with Crippen LogP contribution in [0.4, 0.5) is 10.2 Å². The summed E-state index contributed by atoms with van der Waals surface area (Å²) in [5.74, 6) is -2.82. The Bertz CT molecular complexity index is 709. The number of carboxylic acids is 1. The number of hydrogen-bond acceptors (Lipinski definition) is 5. The molecule has 2 aromatic rings. The molecule has 7 heteroatoms. The number of aromatic carboxylic acids is 1. The first-order valence-corrected chi connectivity index (χ1v) is 5.16. The van der Waals surface area contributed by atoms with E-state index in [9.17, 15) is 19.1 Å². The normalized spacial score (nSPS) is 10.8. The van der Waals surface area contributed by atoms with Crippen LogP contribution in [0.2, 0.25) is 0 Å². The molecular weight excluding hydrogens is 241 g/mol. The number of carboxylic acid groups (broad SMARTS) is 1. The Morgan fingerprint density at radius 1 is 1.61 bits per heavy atom. The zero-order valence-corrected chi connectivity index (χ0v) is 9.44. The average Bonchev–Trinajstić information content (AvgIpc) is 2.32. The SMILES string of the molecule is CCn1cc(C(=O)[O-])c(=O)c2cc(F)c(N)nc21. The van der Waals surface area contributed by atoms with E-state index in [2.05, 4.69) is 4.98 Å². The number of nitrogens with zero attached hydrogens (tertiary/aromatic N) is 2. The number of nitrogens with two attached hydrogens (primary N) is 1. The molecular formula is C11H9FN3O3-. The minimum absolute atomic E-state index is 0.134. The Kier molecular flexibility index (Phi) is 2.74. The van der Waals surface area contributed by atoms with Gasteiger partial charge in [0.1, 0.15) is 5.65 Å². The molecule has 0 amide bonds. The largest absolute Gasteiger partial charge is 0.545 e. The third-order valence-corrected chi connectivity index (χ3v) is 2.59. The van der Waals surface area contributed by atoms with E-state index in [-0.39, 0.29) is 16.9 Å². The van der Waals surface area contributed by atoms with E-state index in [1.165, 1.54) is 4.57 Å². The molecule has 0 aliphatic carbocycles. The fourth-order valence-electron chi connectivity index (χ4n) is 1.69. The lowest BCUT2D eigenvalue weighted by Crippen LogP contribution is -2.30. The van der Waals surface area contributed by atoms with Crippen LogP contribution >= 0.6 is 0 Å². The van der Waals surface area contributed by atoms with Crippen LogP contribution < -0.4 is 16.3 Å². The maximum absolute atomic E-state index is 13.3. The van der Waals surface area contributed by atoms with Gasteiger partial charge in [0.25, 0.3) is 0 Å². The minimum Gasteiger partial charge on any atom is -0.545 e. The highest BCUT2D eigenvalue weighted by atomic mass is 19.1. The molecule has 6 nitrogen and oxygen atoms in total. The zero-order valence-electron chi connectivity index (χ0n) is 9.44. The number of fused-ring (bicyclic) bond motifs is 1. The molecule has 18 heavy (non-hydrogen) atoms. The summed E-state index contributed by atoms with van der Waals surface area (Å²) in [6.07, 6.45) is 1.12. The van der Waals surface area contributed by atoms with Gasteiger partial charge in [-0.25, -0.2) is 9.37 Å². The summed E-state index contributed by atoms with van der Waals surface area (Å²) in [4.78, 5) is 26.4. The fraction of sp³-hybridized carbons (Fsp3) is 0.182. The van der Waals surface area contributed by atoms with Crippen LogP contribution in [0.1, 0.15) is 17.3 Å². The second-order valence-electron chi connectivity index (χ2n) is 3.67. The molecule has 0 saturated heterocycles. The monoisotopic (exact) mass is 250 g/mol. The zero-order chi connectivity index (χ0) is 13.4. The number of pyridine rings is 2. The lowest BCUT2D eigenvalue weighted by atomic mass is 10.2. The predicted octanol–water partition coefficient (Wildman–Crippen LogP) is -0.499. The molecule has 2 rings (SSSR count). The highest BCUT2D eigenvalue weighted by molar-refractivity contribution is 5.90. The Hall–Kier alpha value is -2.44. The van der Waals surface area contributed by atoms with Crippen molar-refractivity contribution in [1.82, 2.24) is 9.55 Å². The molecule has 0 fully saturated rings. The van der Waals surface area contributed by atoms with Crippen LogP contribution in [-0.4, -0.2) is 15.5 Å². The van der Waals surface area contributed by atoms with Gasteiger partial charge in [-0.1, -0.05) is 0 Å². The quantitative estimate of drug-likeness (QED) is 0.774. The van der Waals surface area contributed by atoms with E-state index >= 15 is 0 Å². The smallest absolute Gasteiger partial charge is 0.200 e. The van der Waals surface area contributed by atoms with Gasteiger partial charge in [-0.15, -0.1) is 0 Å². The summed E-state index contributed by atoms with van der Waals surface area (Å²) in [5, 5.41) is 10.7. The van der Waals surface area contributed by atoms with Crippen molar-refractivity contribution < 1.29 is 14.3 Å². The third-order valence-electron chi connectivity index (χ3n) is 2.59. The van der Waals surface area contributed by atoms with Crippen LogP contribution in [-0.2, 0) is 6.54 Å². The molecule has 0 spiro atoms. The number of rotatable bonds is 2. The molecule has 94 valence electrons. The number of hydrogen-bond donors (Lipinski definition) is 1. The van der Waals surface area contributed by atoms with Gasteiger partial charge in [0, 0.05) is 12.7 Å². The van der Waals surface area contributed by atoms with E-state index < -0.39 is 22.8 Å². The van der Waals surface area contributed by atoms with Crippen molar-refractivity contribution in [2.45, 2.75) is 13.5 Å².